The van der Waals surface area contributed by atoms with Crippen LogP contribution < -0.4 is 20.9 Å². The van der Waals surface area contributed by atoms with Crippen LogP contribution in [-0.4, -0.2) is 50.1 Å². The molecule has 0 radical (unpaired) electrons. The molecule has 0 spiro atoms. The van der Waals surface area contributed by atoms with Gasteiger partial charge in [0.2, 0.25) is 0 Å². The summed E-state index contributed by atoms with van der Waals surface area (Å²) in [5.41, 5.74) is 5.90. The lowest BCUT2D eigenvalue weighted by Crippen LogP contribution is -3.26. The number of hydrogen-bond acceptors (Lipinski definition) is 2. The lowest BCUT2D eigenvalue weighted by molar-refractivity contribution is -0.972. The van der Waals surface area contributed by atoms with Crippen LogP contribution in [0, 0.1) is 0 Å². The summed E-state index contributed by atoms with van der Waals surface area (Å²) in [4.78, 5) is 27.2. The normalized spacial score (nSPS) is 26.5. The standard InChI is InChI=1S/C19H26Cl2N4O2/c20-14-4-5-15(21)16(12-14)23-17(26)13-24-10-6-19(7-11-24,18(22)27)25-8-2-1-3-9-25/h4-5,12H,1-3,6-11,13H2,(H2,22,27)(H,23,26)/p+2. The zero-order valence-corrected chi connectivity index (χ0v) is 17.0. The van der Waals surface area contributed by atoms with Crippen molar-refractivity contribution in [3.63, 3.8) is 0 Å². The Morgan fingerprint density at radius 3 is 2.37 bits per heavy atom. The fraction of sp³-hybridized carbons (Fsp3) is 0.579. The van der Waals surface area contributed by atoms with Gasteiger partial charge in [0.05, 0.1) is 49.7 Å². The molecular formula is C19H28Cl2N4O2+2. The van der Waals surface area contributed by atoms with Crippen LogP contribution in [0.2, 0.25) is 10.0 Å². The van der Waals surface area contributed by atoms with E-state index in [1.54, 1.807) is 18.2 Å². The van der Waals surface area contributed by atoms with Crippen molar-refractivity contribution < 1.29 is 19.4 Å². The van der Waals surface area contributed by atoms with E-state index in [1.165, 1.54) is 16.2 Å². The lowest BCUT2D eigenvalue weighted by atomic mass is 9.83. The van der Waals surface area contributed by atoms with E-state index in [2.05, 4.69) is 5.32 Å². The summed E-state index contributed by atoms with van der Waals surface area (Å²) < 4.78 is 0. The molecule has 0 aliphatic carbocycles. The third kappa shape index (κ3) is 4.74. The Labute approximate surface area is 170 Å². The lowest BCUT2D eigenvalue weighted by Gasteiger charge is -2.43. The second kappa shape index (κ2) is 8.78. The van der Waals surface area contributed by atoms with Crippen LogP contribution in [0.15, 0.2) is 18.2 Å². The van der Waals surface area contributed by atoms with E-state index in [9.17, 15) is 9.59 Å². The zero-order valence-electron chi connectivity index (χ0n) is 15.5. The van der Waals surface area contributed by atoms with Gasteiger partial charge < -0.3 is 20.9 Å². The second-order valence-corrected chi connectivity index (χ2v) is 8.55. The van der Waals surface area contributed by atoms with Gasteiger partial charge >= 0.3 is 0 Å². The minimum absolute atomic E-state index is 0.105. The summed E-state index contributed by atoms with van der Waals surface area (Å²) >= 11 is 12.1. The summed E-state index contributed by atoms with van der Waals surface area (Å²) in [6, 6.07) is 4.99. The Morgan fingerprint density at radius 2 is 1.74 bits per heavy atom. The Kier molecular flexibility index (Phi) is 6.63. The fourth-order valence-corrected chi connectivity index (χ4v) is 4.79. The Balaban J connectivity index is 1.57. The molecule has 2 saturated heterocycles. The van der Waals surface area contributed by atoms with Crippen molar-refractivity contribution in [3.05, 3.63) is 28.2 Å². The first-order chi connectivity index (χ1) is 12.9. The molecule has 2 aliphatic rings. The molecule has 0 aromatic heterocycles. The molecule has 1 aromatic rings. The highest BCUT2D eigenvalue weighted by atomic mass is 35.5. The minimum atomic E-state index is -0.462. The smallest absolute Gasteiger partial charge is 0.279 e. The van der Waals surface area contributed by atoms with Crippen LogP contribution in [0.1, 0.15) is 32.1 Å². The van der Waals surface area contributed by atoms with Gasteiger partial charge in [0.25, 0.3) is 11.8 Å². The van der Waals surface area contributed by atoms with Crippen LogP contribution >= 0.6 is 23.2 Å². The molecule has 6 nitrogen and oxygen atoms in total. The number of primary amides is 1. The van der Waals surface area contributed by atoms with Crippen molar-refractivity contribution >= 4 is 40.7 Å². The van der Waals surface area contributed by atoms with E-state index in [0.29, 0.717) is 22.3 Å². The second-order valence-electron chi connectivity index (χ2n) is 7.71. The number of nitrogens with one attached hydrogen (secondary N) is 3. The number of quaternary nitrogens is 2. The molecule has 0 saturated carbocycles. The molecule has 2 amide bonds. The molecule has 2 heterocycles. The van der Waals surface area contributed by atoms with Gasteiger partial charge in [-0.15, -0.1) is 0 Å². The molecule has 0 bridgehead atoms. The number of halogens is 2. The molecule has 5 N–H and O–H groups in total. The minimum Gasteiger partial charge on any atom is -0.364 e. The third-order valence-electron chi connectivity index (χ3n) is 6.03. The maximum atomic E-state index is 12.4. The molecular weight excluding hydrogens is 387 g/mol. The highest BCUT2D eigenvalue weighted by molar-refractivity contribution is 6.35. The quantitative estimate of drug-likeness (QED) is 0.542. The monoisotopic (exact) mass is 414 g/mol. The fourth-order valence-electron chi connectivity index (χ4n) is 4.45. The van der Waals surface area contributed by atoms with Gasteiger partial charge in [0, 0.05) is 5.02 Å². The first-order valence-corrected chi connectivity index (χ1v) is 10.4. The van der Waals surface area contributed by atoms with E-state index in [0.717, 1.165) is 51.9 Å². The summed E-state index contributed by atoms with van der Waals surface area (Å²) in [6.45, 7) is 3.91. The number of hydrogen-bond donors (Lipinski definition) is 4. The Morgan fingerprint density at radius 1 is 1.07 bits per heavy atom. The van der Waals surface area contributed by atoms with Gasteiger partial charge in [-0.05, 0) is 37.5 Å². The van der Waals surface area contributed by atoms with E-state index in [4.69, 9.17) is 28.9 Å². The summed E-state index contributed by atoms with van der Waals surface area (Å²) in [5.74, 6) is -0.292. The number of nitrogens with two attached hydrogens (primary N) is 1. The van der Waals surface area contributed by atoms with Crippen LogP contribution in [0.3, 0.4) is 0 Å². The van der Waals surface area contributed by atoms with Gasteiger partial charge in [-0.3, -0.25) is 9.59 Å². The number of rotatable bonds is 5. The number of amides is 2. The number of benzene rings is 1. The van der Waals surface area contributed by atoms with E-state index >= 15 is 0 Å². The Hall–Kier alpha value is -1.34. The number of carbonyl (C=O) groups excluding carboxylic acids is 2. The molecule has 2 fully saturated rings. The van der Waals surface area contributed by atoms with Gasteiger partial charge in [-0.25, -0.2) is 0 Å². The molecule has 0 unspecified atom stereocenters. The predicted octanol–water partition coefficient (Wildman–Crippen LogP) is -0.0965. The number of anilines is 1. The molecule has 0 atom stereocenters. The van der Waals surface area contributed by atoms with Crippen LogP contribution in [0.25, 0.3) is 0 Å². The third-order valence-corrected chi connectivity index (χ3v) is 6.59. The summed E-state index contributed by atoms with van der Waals surface area (Å²) in [7, 11) is 0. The largest absolute Gasteiger partial charge is 0.364 e. The number of carbonyl (C=O) groups is 2. The molecule has 148 valence electrons. The number of likely N-dealkylation sites (tertiary alicyclic amines) is 2. The molecule has 8 heteroatoms. The van der Waals surface area contributed by atoms with Crippen LogP contribution in [0.5, 0.6) is 0 Å². The van der Waals surface area contributed by atoms with E-state index < -0.39 is 5.54 Å². The summed E-state index contributed by atoms with van der Waals surface area (Å²) in [6.07, 6.45) is 5.02. The van der Waals surface area contributed by atoms with E-state index in [1.807, 2.05) is 0 Å². The first kappa shape index (κ1) is 20.4. The van der Waals surface area contributed by atoms with Gasteiger partial charge in [0.1, 0.15) is 0 Å². The highest BCUT2D eigenvalue weighted by Gasteiger charge is 2.50. The average Bonchev–Trinajstić information content (AvgIpc) is 2.66. The molecule has 3 rings (SSSR count). The SMILES string of the molecule is NC(=O)C1([NH+]2CCCCC2)CC[NH+](CC(=O)Nc2cc(Cl)ccc2Cl)CC1. The zero-order chi connectivity index (χ0) is 19.4. The van der Waals surface area contributed by atoms with Crippen molar-refractivity contribution in [1.82, 2.24) is 0 Å². The molecule has 2 aliphatic heterocycles. The Bertz CT molecular complexity index is 699. The van der Waals surface area contributed by atoms with Crippen molar-refractivity contribution in [2.45, 2.75) is 37.6 Å². The predicted molar refractivity (Wildman–Crippen MR) is 106 cm³/mol. The van der Waals surface area contributed by atoms with Gasteiger partial charge in [0.15, 0.2) is 12.1 Å². The first-order valence-electron chi connectivity index (χ1n) is 9.64. The van der Waals surface area contributed by atoms with E-state index in [-0.39, 0.29) is 11.8 Å². The van der Waals surface area contributed by atoms with Crippen LogP contribution in [0.4, 0.5) is 5.69 Å². The van der Waals surface area contributed by atoms with Gasteiger partial charge in [-0.2, -0.15) is 0 Å². The number of piperidine rings is 2. The van der Waals surface area contributed by atoms with Crippen molar-refractivity contribution in [1.29, 1.82) is 0 Å². The maximum Gasteiger partial charge on any atom is 0.279 e. The highest BCUT2D eigenvalue weighted by Crippen LogP contribution is 2.25. The topological polar surface area (TPSA) is 81.1 Å². The van der Waals surface area contributed by atoms with Crippen LogP contribution in [-0.2, 0) is 9.59 Å². The van der Waals surface area contributed by atoms with Crippen molar-refractivity contribution in [2.75, 3.05) is 38.0 Å². The molecule has 1 aromatic carbocycles. The van der Waals surface area contributed by atoms with Crippen molar-refractivity contribution in [2.24, 2.45) is 5.73 Å². The van der Waals surface area contributed by atoms with Crippen molar-refractivity contribution in [3.8, 4) is 0 Å². The van der Waals surface area contributed by atoms with Gasteiger partial charge in [-0.1, -0.05) is 23.2 Å². The molecule has 27 heavy (non-hydrogen) atoms. The maximum absolute atomic E-state index is 12.4. The summed E-state index contributed by atoms with van der Waals surface area (Å²) in [5, 5.41) is 3.82. The average molecular weight is 415 g/mol.